The molecule has 0 radical (unpaired) electrons. The minimum atomic E-state index is -0.00158. The summed E-state index contributed by atoms with van der Waals surface area (Å²) in [4.78, 5) is 12.2. The summed E-state index contributed by atoms with van der Waals surface area (Å²) in [5.41, 5.74) is 0.958. The zero-order chi connectivity index (χ0) is 10.7. The lowest BCUT2D eigenvalue weighted by Gasteiger charge is -2.26. The number of thiophene rings is 1. The van der Waals surface area contributed by atoms with E-state index in [-0.39, 0.29) is 5.91 Å². The molecule has 0 saturated heterocycles. The first-order valence-electron chi connectivity index (χ1n) is 5.33. The van der Waals surface area contributed by atoms with E-state index in [0.717, 1.165) is 12.2 Å². The lowest BCUT2D eigenvalue weighted by atomic mass is 9.93. The Morgan fingerprint density at radius 1 is 1.60 bits per heavy atom. The SMILES string of the molecule is CC(=O)Nc1ccsc1CNC1CCC1. The standard InChI is InChI=1S/C11H16N2OS/c1-8(14)13-10-5-6-15-11(10)7-12-9-3-2-4-9/h5-6,9,12H,2-4,7H2,1H3,(H,13,14). The van der Waals surface area contributed by atoms with Gasteiger partial charge >= 0.3 is 0 Å². The molecule has 1 fully saturated rings. The quantitative estimate of drug-likeness (QED) is 0.824. The van der Waals surface area contributed by atoms with Crippen molar-refractivity contribution in [3.8, 4) is 0 Å². The summed E-state index contributed by atoms with van der Waals surface area (Å²) in [6, 6.07) is 2.65. The molecule has 15 heavy (non-hydrogen) atoms. The minimum Gasteiger partial charge on any atom is -0.325 e. The van der Waals surface area contributed by atoms with Gasteiger partial charge < -0.3 is 10.6 Å². The highest BCUT2D eigenvalue weighted by Crippen LogP contribution is 2.24. The predicted octanol–water partition coefficient (Wildman–Crippen LogP) is 2.35. The van der Waals surface area contributed by atoms with E-state index in [1.54, 1.807) is 18.3 Å². The predicted molar refractivity (Wildman–Crippen MR) is 63.1 cm³/mol. The maximum Gasteiger partial charge on any atom is 0.221 e. The zero-order valence-corrected chi connectivity index (χ0v) is 9.69. The molecule has 1 saturated carbocycles. The second-order valence-electron chi connectivity index (χ2n) is 3.95. The van der Waals surface area contributed by atoms with Crippen LogP contribution >= 0.6 is 11.3 Å². The molecule has 4 heteroatoms. The Hall–Kier alpha value is -0.870. The highest BCUT2D eigenvalue weighted by atomic mass is 32.1. The highest BCUT2D eigenvalue weighted by Gasteiger charge is 2.17. The Kier molecular flexibility index (Phi) is 3.38. The van der Waals surface area contributed by atoms with Crippen LogP contribution in [-0.4, -0.2) is 11.9 Å². The van der Waals surface area contributed by atoms with Crippen LogP contribution in [0.3, 0.4) is 0 Å². The first kappa shape index (κ1) is 10.6. The molecule has 0 bridgehead atoms. The third-order valence-electron chi connectivity index (χ3n) is 2.71. The summed E-state index contributed by atoms with van der Waals surface area (Å²) in [6.07, 6.45) is 3.93. The molecular weight excluding hydrogens is 208 g/mol. The van der Waals surface area contributed by atoms with Gasteiger partial charge in [-0.3, -0.25) is 4.79 Å². The van der Waals surface area contributed by atoms with Crippen LogP contribution in [0.2, 0.25) is 0 Å². The van der Waals surface area contributed by atoms with Crippen LogP contribution in [-0.2, 0) is 11.3 Å². The molecular formula is C11H16N2OS. The highest BCUT2D eigenvalue weighted by molar-refractivity contribution is 7.10. The normalized spacial score (nSPS) is 16.1. The van der Waals surface area contributed by atoms with E-state index in [0.29, 0.717) is 6.04 Å². The average molecular weight is 224 g/mol. The minimum absolute atomic E-state index is 0.00158. The van der Waals surface area contributed by atoms with Gasteiger partial charge in [0.1, 0.15) is 0 Å². The zero-order valence-electron chi connectivity index (χ0n) is 8.88. The van der Waals surface area contributed by atoms with Crippen molar-refractivity contribution in [3.05, 3.63) is 16.3 Å². The summed E-state index contributed by atoms with van der Waals surface area (Å²) in [5.74, 6) is -0.00158. The van der Waals surface area contributed by atoms with Gasteiger partial charge in [-0.2, -0.15) is 0 Å². The van der Waals surface area contributed by atoms with Crippen molar-refractivity contribution >= 4 is 22.9 Å². The Morgan fingerprint density at radius 3 is 3.00 bits per heavy atom. The van der Waals surface area contributed by atoms with Crippen molar-refractivity contribution in [1.29, 1.82) is 0 Å². The molecule has 0 atom stereocenters. The summed E-state index contributed by atoms with van der Waals surface area (Å²) in [6.45, 7) is 2.42. The van der Waals surface area contributed by atoms with Gasteiger partial charge in [0, 0.05) is 24.4 Å². The average Bonchev–Trinajstić information content (AvgIpc) is 2.49. The van der Waals surface area contributed by atoms with Gasteiger partial charge in [-0.25, -0.2) is 0 Å². The Balaban J connectivity index is 1.88. The fourth-order valence-corrected chi connectivity index (χ4v) is 2.41. The first-order chi connectivity index (χ1) is 7.25. The van der Waals surface area contributed by atoms with Gasteiger partial charge in [0.15, 0.2) is 0 Å². The third-order valence-corrected chi connectivity index (χ3v) is 3.63. The number of hydrogen-bond acceptors (Lipinski definition) is 3. The molecule has 1 heterocycles. The maximum atomic E-state index is 10.9. The second-order valence-corrected chi connectivity index (χ2v) is 4.95. The van der Waals surface area contributed by atoms with Crippen molar-refractivity contribution in [3.63, 3.8) is 0 Å². The lowest BCUT2D eigenvalue weighted by Crippen LogP contribution is -2.34. The summed E-state index contributed by atoms with van der Waals surface area (Å²) in [7, 11) is 0. The van der Waals surface area contributed by atoms with E-state index in [9.17, 15) is 4.79 Å². The van der Waals surface area contributed by atoms with E-state index >= 15 is 0 Å². The van der Waals surface area contributed by atoms with Gasteiger partial charge in [0.05, 0.1) is 5.69 Å². The number of amides is 1. The molecule has 1 aromatic rings. The van der Waals surface area contributed by atoms with Gasteiger partial charge in [0.25, 0.3) is 0 Å². The fourth-order valence-electron chi connectivity index (χ4n) is 1.63. The number of hydrogen-bond donors (Lipinski definition) is 2. The molecule has 1 aliphatic rings. The second kappa shape index (κ2) is 4.77. The largest absolute Gasteiger partial charge is 0.325 e. The smallest absolute Gasteiger partial charge is 0.221 e. The van der Waals surface area contributed by atoms with Crippen molar-refractivity contribution in [2.75, 3.05) is 5.32 Å². The van der Waals surface area contributed by atoms with E-state index < -0.39 is 0 Å². The maximum absolute atomic E-state index is 10.9. The molecule has 82 valence electrons. The molecule has 2 rings (SSSR count). The Morgan fingerprint density at radius 2 is 2.40 bits per heavy atom. The fraction of sp³-hybridized carbons (Fsp3) is 0.545. The molecule has 1 amide bonds. The number of rotatable bonds is 4. The van der Waals surface area contributed by atoms with Crippen molar-refractivity contribution < 1.29 is 4.79 Å². The van der Waals surface area contributed by atoms with Gasteiger partial charge in [0.2, 0.25) is 5.91 Å². The van der Waals surface area contributed by atoms with Crippen LogP contribution in [0, 0.1) is 0 Å². The van der Waals surface area contributed by atoms with Crippen molar-refractivity contribution in [2.24, 2.45) is 0 Å². The molecule has 1 aliphatic carbocycles. The number of carbonyl (C=O) groups is 1. The molecule has 2 N–H and O–H groups in total. The number of anilines is 1. The first-order valence-corrected chi connectivity index (χ1v) is 6.21. The van der Waals surface area contributed by atoms with Crippen molar-refractivity contribution in [2.45, 2.75) is 38.8 Å². The molecule has 0 spiro atoms. The van der Waals surface area contributed by atoms with Crippen LogP contribution in [0.15, 0.2) is 11.4 Å². The van der Waals surface area contributed by atoms with Crippen molar-refractivity contribution in [1.82, 2.24) is 5.32 Å². The molecule has 0 unspecified atom stereocenters. The van der Waals surface area contributed by atoms with E-state index in [1.807, 2.05) is 11.4 Å². The molecule has 3 nitrogen and oxygen atoms in total. The van der Waals surface area contributed by atoms with Crippen LogP contribution in [0.1, 0.15) is 31.1 Å². The number of nitrogens with one attached hydrogen (secondary N) is 2. The number of carbonyl (C=O) groups excluding carboxylic acids is 1. The van der Waals surface area contributed by atoms with Crippen LogP contribution < -0.4 is 10.6 Å². The van der Waals surface area contributed by atoms with Crippen LogP contribution in [0.25, 0.3) is 0 Å². The Bertz CT molecular complexity index is 344. The van der Waals surface area contributed by atoms with Gasteiger partial charge in [-0.1, -0.05) is 6.42 Å². The Labute approximate surface area is 93.9 Å². The third kappa shape index (κ3) is 2.79. The molecule has 1 aromatic heterocycles. The summed E-state index contributed by atoms with van der Waals surface area (Å²) >= 11 is 1.69. The van der Waals surface area contributed by atoms with E-state index in [1.165, 1.54) is 24.1 Å². The molecule has 0 aliphatic heterocycles. The van der Waals surface area contributed by atoms with E-state index in [4.69, 9.17) is 0 Å². The van der Waals surface area contributed by atoms with Gasteiger partial charge in [-0.15, -0.1) is 11.3 Å². The summed E-state index contributed by atoms with van der Waals surface area (Å²) < 4.78 is 0. The van der Waals surface area contributed by atoms with Gasteiger partial charge in [-0.05, 0) is 24.3 Å². The lowest BCUT2D eigenvalue weighted by molar-refractivity contribution is -0.114. The topological polar surface area (TPSA) is 41.1 Å². The molecule has 0 aromatic carbocycles. The van der Waals surface area contributed by atoms with E-state index in [2.05, 4.69) is 10.6 Å². The van der Waals surface area contributed by atoms with Crippen LogP contribution in [0.5, 0.6) is 0 Å². The summed E-state index contributed by atoms with van der Waals surface area (Å²) in [5, 5.41) is 8.36. The monoisotopic (exact) mass is 224 g/mol. The van der Waals surface area contributed by atoms with Crippen LogP contribution in [0.4, 0.5) is 5.69 Å².